The van der Waals surface area contributed by atoms with E-state index >= 15 is 0 Å². The van der Waals surface area contributed by atoms with E-state index in [1.807, 2.05) is 20.8 Å². The molecule has 12 heavy (non-hydrogen) atoms. The summed E-state index contributed by atoms with van der Waals surface area (Å²) in [6.45, 7) is 7.69. The summed E-state index contributed by atoms with van der Waals surface area (Å²) in [4.78, 5) is 11.3. The van der Waals surface area contributed by atoms with Gasteiger partial charge in [-0.05, 0) is 12.8 Å². The van der Waals surface area contributed by atoms with Gasteiger partial charge in [-0.25, -0.2) is 0 Å². The number of nitrogens with one attached hydrogen (secondary N) is 1. The van der Waals surface area contributed by atoms with Gasteiger partial charge in [-0.15, -0.1) is 0 Å². The van der Waals surface area contributed by atoms with Crippen LogP contribution in [0.15, 0.2) is 0 Å². The fourth-order valence-corrected chi connectivity index (χ4v) is 0.723. The van der Waals surface area contributed by atoms with Crippen LogP contribution in [0.4, 0.5) is 0 Å². The quantitative estimate of drug-likeness (QED) is 0.660. The Hall–Kier alpha value is -0.570. The third-order valence-electron chi connectivity index (χ3n) is 2.08. The summed E-state index contributed by atoms with van der Waals surface area (Å²) in [5.74, 6) is 0.376. The lowest BCUT2D eigenvalue weighted by Crippen LogP contribution is -2.39. The molecule has 0 saturated heterocycles. The summed E-state index contributed by atoms with van der Waals surface area (Å²) in [6.07, 6.45) is 0. The van der Waals surface area contributed by atoms with Crippen molar-refractivity contribution < 1.29 is 9.90 Å². The average molecular weight is 173 g/mol. The van der Waals surface area contributed by atoms with Crippen LogP contribution in [-0.2, 0) is 4.79 Å². The summed E-state index contributed by atoms with van der Waals surface area (Å²) in [5.41, 5.74) is 0. The fraction of sp³-hybridized carbons (Fsp3) is 0.889. The van der Waals surface area contributed by atoms with E-state index in [0.29, 0.717) is 5.92 Å². The summed E-state index contributed by atoms with van der Waals surface area (Å²) in [5, 5.41) is 11.4. The highest BCUT2D eigenvalue weighted by Gasteiger charge is 2.17. The van der Waals surface area contributed by atoms with Crippen LogP contribution < -0.4 is 5.32 Å². The number of aliphatic hydroxyl groups excluding tert-OH is 1. The fourth-order valence-electron chi connectivity index (χ4n) is 0.723. The van der Waals surface area contributed by atoms with Crippen molar-refractivity contribution >= 4 is 5.91 Å². The van der Waals surface area contributed by atoms with Gasteiger partial charge in [-0.1, -0.05) is 20.8 Å². The summed E-state index contributed by atoms with van der Waals surface area (Å²) < 4.78 is 0. The number of aliphatic hydroxyl groups is 1. The van der Waals surface area contributed by atoms with Crippen molar-refractivity contribution in [2.75, 3.05) is 6.61 Å². The lowest BCUT2D eigenvalue weighted by Gasteiger charge is -2.18. The highest BCUT2D eigenvalue weighted by molar-refractivity contribution is 5.78. The van der Waals surface area contributed by atoms with Gasteiger partial charge in [0.25, 0.3) is 0 Å². The Morgan fingerprint density at radius 2 is 1.83 bits per heavy atom. The van der Waals surface area contributed by atoms with Crippen molar-refractivity contribution in [3.63, 3.8) is 0 Å². The highest BCUT2D eigenvalue weighted by Crippen LogP contribution is 2.09. The second-order valence-corrected chi connectivity index (χ2v) is 3.62. The second-order valence-electron chi connectivity index (χ2n) is 3.62. The van der Waals surface area contributed by atoms with Crippen LogP contribution in [0.1, 0.15) is 27.7 Å². The Morgan fingerprint density at radius 1 is 1.33 bits per heavy atom. The van der Waals surface area contributed by atoms with Crippen LogP contribution >= 0.6 is 0 Å². The molecular formula is C9H19NO2. The van der Waals surface area contributed by atoms with Gasteiger partial charge in [0.05, 0.1) is 6.61 Å². The molecule has 0 aromatic heterocycles. The Kier molecular flexibility index (Phi) is 4.90. The van der Waals surface area contributed by atoms with Crippen LogP contribution in [0.5, 0.6) is 0 Å². The minimum absolute atomic E-state index is 0.00342. The third kappa shape index (κ3) is 3.72. The minimum atomic E-state index is -0.140. The zero-order valence-corrected chi connectivity index (χ0v) is 8.29. The molecule has 1 amide bonds. The number of rotatable bonds is 4. The molecule has 0 aliphatic rings. The van der Waals surface area contributed by atoms with Gasteiger partial charge in [0.15, 0.2) is 0 Å². The first kappa shape index (κ1) is 11.4. The molecule has 0 saturated carbocycles. The van der Waals surface area contributed by atoms with E-state index in [2.05, 4.69) is 5.32 Å². The monoisotopic (exact) mass is 173 g/mol. The molecule has 0 heterocycles. The number of hydrogen-bond acceptors (Lipinski definition) is 2. The predicted molar refractivity (Wildman–Crippen MR) is 48.7 cm³/mol. The first-order chi connectivity index (χ1) is 5.49. The SMILES string of the molecule is CC(CO)NC(=O)C(C)C(C)C. The number of carbonyl (C=O) groups excluding carboxylic acids is 1. The molecule has 0 bridgehead atoms. The Balaban J connectivity index is 3.87. The van der Waals surface area contributed by atoms with E-state index in [9.17, 15) is 4.79 Å². The molecule has 0 fully saturated rings. The van der Waals surface area contributed by atoms with Gasteiger partial charge in [-0.3, -0.25) is 4.79 Å². The van der Waals surface area contributed by atoms with Crippen LogP contribution in [0.3, 0.4) is 0 Å². The molecule has 0 aliphatic carbocycles. The van der Waals surface area contributed by atoms with Crippen molar-refractivity contribution in [2.45, 2.75) is 33.7 Å². The largest absolute Gasteiger partial charge is 0.394 e. The van der Waals surface area contributed by atoms with Crippen LogP contribution in [-0.4, -0.2) is 23.7 Å². The Bertz CT molecular complexity index is 145. The molecule has 0 spiro atoms. The third-order valence-corrected chi connectivity index (χ3v) is 2.08. The Labute approximate surface area is 74.2 Å². The van der Waals surface area contributed by atoms with Gasteiger partial charge in [0.2, 0.25) is 5.91 Å². The predicted octanol–water partition coefficient (Wildman–Crippen LogP) is 0.775. The molecule has 2 atom stereocenters. The van der Waals surface area contributed by atoms with Crippen molar-refractivity contribution in [3.8, 4) is 0 Å². The molecule has 0 radical (unpaired) electrons. The van der Waals surface area contributed by atoms with E-state index in [1.54, 1.807) is 6.92 Å². The lowest BCUT2D eigenvalue weighted by molar-refractivity contribution is -0.126. The van der Waals surface area contributed by atoms with Crippen molar-refractivity contribution in [1.29, 1.82) is 0 Å². The van der Waals surface area contributed by atoms with Gasteiger partial charge in [-0.2, -0.15) is 0 Å². The van der Waals surface area contributed by atoms with Crippen molar-refractivity contribution in [3.05, 3.63) is 0 Å². The molecule has 0 aromatic rings. The zero-order valence-electron chi connectivity index (χ0n) is 8.29. The van der Waals surface area contributed by atoms with E-state index < -0.39 is 0 Å². The number of hydrogen-bond donors (Lipinski definition) is 2. The Morgan fingerprint density at radius 3 is 2.17 bits per heavy atom. The van der Waals surface area contributed by atoms with Crippen molar-refractivity contribution in [1.82, 2.24) is 5.32 Å². The van der Waals surface area contributed by atoms with Crippen molar-refractivity contribution in [2.24, 2.45) is 11.8 Å². The molecule has 0 aromatic carbocycles. The normalized spacial score (nSPS) is 15.8. The molecule has 3 nitrogen and oxygen atoms in total. The second kappa shape index (κ2) is 5.14. The van der Waals surface area contributed by atoms with Crippen LogP contribution in [0.25, 0.3) is 0 Å². The smallest absolute Gasteiger partial charge is 0.223 e. The highest BCUT2D eigenvalue weighted by atomic mass is 16.3. The van der Waals surface area contributed by atoms with E-state index in [4.69, 9.17) is 5.11 Å². The van der Waals surface area contributed by atoms with Crippen LogP contribution in [0, 0.1) is 11.8 Å². The first-order valence-electron chi connectivity index (χ1n) is 4.40. The molecular weight excluding hydrogens is 154 g/mol. The summed E-state index contributed by atoms with van der Waals surface area (Å²) in [6, 6.07) is -0.140. The van der Waals surface area contributed by atoms with E-state index in [-0.39, 0.29) is 24.5 Å². The maximum atomic E-state index is 11.3. The van der Waals surface area contributed by atoms with Gasteiger partial charge in [0, 0.05) is 12.0 Å². The summed E-state index contributed by atoms with van der Waals surface area (Å²) in [7, 11) is 0. The number of carbonyl (C=O) groups is 1. The topological polar surface area (TPSA) is 49.3 Å². The maximum Gasteiger partial charge on any atom is 0.223 e. The lowest BCUT2D eigenvalue weighted by atomic mass is 9.97. The van der Waals surface area contributed by atoms with Gasteiger partial charge in [0.1, 0.15) is 0 Å². The average Bonchev–Trinajstić information content (AvgIpc) is 2.02. The molecule has 3 heteroatoms. The summed E-state index contributed by atoms with van der Waals surface area (Å²) >= 11 is 0. The molecule has 0 aliphatic heterocycles. The van der Waals surface area contributed by atoms with Crippen LogP contribution in [0.2, 0.25) is 0 Å². The van der Waals surface area contributed by atoms with Gasteiger partial charge >= 0.3 is 0 Å². The van der Waals surface area contributed by atoms with Gasteiger partial charge < -0.3 is 10.4 Å². The minimum Gasteiger partial charge on any atom is -0.394 e. The van der Waals surface area contributed by atoms with E-state index in [0.717, 1.165) is 0 Å². The molecule has 72 valence electrons. The zero-order chi connectivity index (χ0) is 9.72. The number of amides is 1. The first-order valence-corrected chi connectivity index (χ1v) is 4.40. The maximum absolute atomic E-state index is 11.3. The van der Waals surface area contributed by atoms with E-state index in [1.165, 1.54) is 0 Å². The molecule has 0 rings (SSSR count). The molecule has 2 N–H and O–H groups in total. The standard InChI is InChI=1S/C9H19NO2/c1-6(2)8(4)9(12)10-7(3)5-11/h6-8,11H,5H2,1-4H3,(H,10,12). The molecule has 2 unspecified atom stereocenters.